The number of hydrogen-bond acceptors (Lipinski definition) is 8. The Morgan fingerprint density at radius 1 is 0.540 bits per heavy atom. The molecule has 0 rings (SSSR count). The molecule has 3 N–H and O–H groups in total. The van der Waals surface area contributed by atoms with E-state index in [4.69, 9.17) is 24.9 Å². The number of allylic oxidation sites excluding steroid dienone is 4. The monoisotopic (exact) mass is 709 g/mol. The summed E-state index contributed by atoms with van der Waals surface area (Å²) in [5, 5.41) is 0. The normalized spacial score (nSPS) is 13.0. The van der Waals surface area contributed by atoms with Crippen molar-refractivity contribution in [3.05, 3.63) is 24.3 Å². The number of carbonyl (C=O) groups excluding carboxylic acids is 2. The summed E-state index contributed by atoms with van der Waals surface area (Å²) < 4.78 is 11.3. The van der Waals surface area contributed by atoms with Gasteiger partial charge in [-0.05, 0) is 71.1 Å². The highest BCUT2D eigenvalue weighted by Gasteiger charge is 2.32. The van der Waals surface area contributed by atoms with Crippen molar-refractivity contribution in [3.63, 3.8) is 0 Å². The van der Waals surface area contributed by atoms with Crippen molar-refractivity contribution in [1.82, 2.24) is 5.64 Å². The Labute approximate surface area is 308 Å². The van der Waals surface area contributed by atoms with Crippen LogP contribution in [-0.4, -0.2) is 43.9 Å². The van der Waals surface area contributed by atoms with Crippen LogP contribution in [0.25, 0.3) is 0 Å². The SMILES string of the molecule is CCCCCCCC/C=C\CCCCCCCC(=O)OC[C@](C)(CONOCCN)OC(=O)CCCCCCC/C=C\CCCCCCCC. The van der Waals surface area contributed by atoms with Crippen molar-refractivity contribution in [3.8, 4) is 0 Å². The fourth-order valence-electron chi connectivity index (χ4n) is 5.74. The number of unbranched alkanes of at least 4 members (excludes halogenated alkanes) is 22. The summed E-state index contributed by atoms with van der Waals surface area (Å²) in [7, 11) is 0. The van der Waals surface area contributed by atoms with Crippen LogP contribution in [-0.2, 0) is 28.7 Å². The molecule has 1 atom stereocenters. The minimum absolute atomic E-state index is 0.0314. The summed E-state index contributed by atoms with van der Waals surface area (Å²) in [6.45, 7) is 6.74. The standard InChI is InChI=1S/C42H80N2O6/c1-4-6-8-10-12-14-16-18-20-22-24-26-28-30-32-34-40(45)47-38-42(3,39-49-44-48-37-36-43)50-41(46)35-33-31-29-27-25-23-21-19-17-15-13-11-9-7-5-2/h18-21,44H,4-17,22-39,43H2,1-3H3/b20-18-,21-19-/t42-/m1/s1. The minimum atomic E-state index is -1.13. The van der Waals surface area contributed by atoms with E-state index in [1.54, 1.807) is 6.92 Å². The first-order valence-corrected chi connectivity index (χ1v) is 20.8. The second-order valence-electron chi connectivity index (χ2n) is 14.3. The van der Waals surface area contributed by atoms with E-state index in [-0.39, 0.29) is 31.8 Å². The molecule has 0 aromatic carbocycles. The lowest BCUT2D eigenvalue weighted by atomic mass is 10.1. The fraction of sp³-hybridized carbons (Fsp3) is 0.857. The van der Waals surface area contributed by atoms with Crippen molar-refractivity contribution >= 4 is 11.9 Å². The van der Waals surface area contributed by atoms with Crippen molar-refractivity contribution in [2.45, 2.75) is 206 Å². The number of esters is 2. The molecule has 0 fully saturated rings. The Bertz CT molecular complexity index is 805. The smallest absolute Gasteiger partial charge is 0.306 e. The van der Waals surface area contributed by atoms with Crippen LogP contribution in [0.5, 0.6) is 0 Å². The van der Waals surface area contributed by atoms with Crippen molar-refractivity contribution in [2.75, 3.05) is 26.4 Å². The van der Waals surface area contributed by atoms with Crippen LogP contribution in [0.3, 0.4) is 0 Å². The molecule has 0 saturated heterocycles. The van der Waals surface area contributed by atoms with E-state index in [1.807, 2.05) is 0 Å². The highest BCUT2D eigenvalue weighted by molar-refractivity contribution is 5.70. The number of ether oxygens (including phenoxy) is 2. The number of nitrogens with one attached hydrogen (secondary N) is 1. The van der Waals surface area contributed by atoms with Gasteiger partial charge < -0.3 is 15.2 Å². The summed E-state index contributed by atoms with van der Waals surface area (Å²) in [6, 6.07) is 0. The van der Waals surface area contributed by atoms with Gasteiger partial charge in [0, 0.05) is 19.4 Å². The Kier molecular flexibility index (Phi) is 37.2. The number of rotatable bonds is 39. The van der Waals surface area contributed by atoms with E-state index in [0.29, 0.717) is 19.4 Å². The molecule has 50 heavy (non-hydrogen) atoms. The predicted octanol–water partition coefficient (Wildman–Crippen LogP) is 11.3. The van der Waals surface area contributed by atoms with E-state index < -0.39 is 5.60 Å². The third-order valence-electron chi connectivity index (χ3n) is 8.90. The van der Waals surface area contributed by atoms with Crippen LogP contribution < -0.4 is 11.4 Å². The molecule has 0 aliphatic heterocycles. The molecule has 0 heterocycles. The van der Waals surface area contributed by atoms with E-state index in [2.05, 4.69) is 43.8 Å². The van der Waals surface area contributed by atoms with Crippen molar-refractivity contribution in [1.29, 1.82) is 0 Å². The van der Waals surface area contributed by atoms with Crippen LogP contribution in [0.15, 0.2) is 24.3 Å². The van der Waals surface area contributed by atoms with Gasteiger partial charge in [0.15, 0.2) is 5.60 Å². The average molecular weight is 709 g/mol. The van der Waals surface area contributed by atoms with Crippen LogP contribution in [0.1, 0.15) is 201 Å². The highest BCUT2D eigenvalue weighted by atomic mass is 16.9. The van der Waals surface area contributed by atoms with Crippen LogP contribution in [0.2, 0.25) is 0 Å². The second-order valence-corrected chi connectivity index (χ2v) is 14.3. The molecule has 8 nitrogen and oxygen atoms in total. The zero-order chi connectivity index (χ0) is 36.6. The summed E-state index contributed by atoms with van der Waals surface area (Å²) in [4.78, 5) is 35.6. The van der Waals surface area contributed by atoms with Crippen LogP contribution in [0, 0.1) is 0 Å². The van der Waals surface area contributed by atoms with Gasteiger partial charge in [-0.2, -0.15) is 0 Å². The van der Waals surface area contributed by atoms with Gasteiger partial charge in [-0.1, -0.05) is 147 Å². The lowest BCUT2D eigenvalue weighted by Crippen LogP contribution is -2.43. The first-order valence-electron chi connectivity index (χ1n) is 20.8. The average Bonchev–Trinajstić information content (AvgIpc) is 3.10. The Morgan fingerprint density at radius 2 is 0.940 bits per heavy atom. The van der Waals surface area contributed by atoms with E-state index in [1.165, 1.54) is 116 Å². The summed E-state index contributed by atoms with van der Waals surface area (Å²) in [6.07, 6.45) is 41.4. The summed E-state index contributed by atoms with van der Waals surface area (Å²) in [5.41, 5.74) is 6.67. The maximum Gasteiger partial charge on any atom is 0.306 e. The van der Waals surface area contributed by atoms with Crippen molar-refractivity contribution < 1.29 is 28.7 Å². The maximum atomic E-state index is 12.7. The zero-order valence-electron chi connectivity index (χ0n) is 33.0. The molecule has 0 aliphatic carbocycles. The van der Waals surface area contributed by atoms with Crippen molar-refractivity contribution in [2.24, 2.45) is 5.73 Å². The van der Waals surface area contributed by atoms with Gasteiger partial charge in [0.05, 0.1) is 6.61 Å². The van der Waals surface area contributed by atoms with Crippen LogP contribution in [0.4, 0.5) is 0 Å². The lowest BCUT2D eigenvalue weighted by Gasteiger charge is -2.28. The van der Waals surface area contributed by atoms with Gasteiger partial charge >= 0.3 is 11.9 Å². The lowest BCUT2D eigenvalue weighted by molar-refractivity contribution is -0.216. The zero-order valence-corrected chi connectivity index (χ0v) is 33.0. The molecule has 0 bridgehead atoms. The fourth-order valence-corrected chi connectivity index (χ4v) is 5.74. The first-order chi connectivity index (χ1) is 24.5. The topological polar surface area (TPSA) is 109 Å². The van der Waals surface area contributed by atoms with Gasteiger partial charge in [-0.15, -0.1) is 0 Å². The Morgan fingerprint density at radius 3 is 1.38 bits per heavy atom. The maximum absolute atomic E-state index is 12.7. The molecule has 0 amide bonds. The molecule has 0 aromatic rings. The molecule has 0 aromatic heterocycles. The third kappa shape index (κ3) is 36.1. The van der Waals surface area contributed by atoms with E-state index >= 15 is 0 Å². The van der Waals surface area contributed by atoms with E-state index in [9.17, 15) is 9.59 Å². The second kappa shape index (κ2) is 38.5. The first kappa shape index (κ1) is 48.3. The molecule has 8 heteroatoms. The van der Waals surface area contributed by atoms with Gasteiger partial charge in [-0.3, -0.25) is 19.3 Å². The number of carbonyl (C=O) groups is 2. The molecule has 0 unspecified atom stereocenters. The van der Waals surface area contributed by atoms with Crippen LogP contribution >= 0.6 is 0 Å². The van der Waals surface area contributed by atoms with Gasteiger partial charge in [0.2, 0.25) is 0 Å². The quantitative estimate of drug-likeness (QED) is 0.0281. The molecule has 0 radical (unpaired) electrons. The molecular weight excluding hydrogens is 628 g/mol. The minimum Gasteiger partial charge on any atom is -0.461 e. The Hall–Kier alpha value is -1.74. The predicted molar refractivity (Wildman–Crippen MR) is 208 cm³/mol. The van der Waals surface area contributed by atoms with E-state index in [0.717, 1.165) is 51.4 Å². The third-order valence-corrected chi connectivity index (χ3v) is 8.90. The largest absolute Gasteiger partial charge is 0.461 e. The molecule has 0 spiro atoms. The summed E-state index contributed by atoms with van der Waals surface area (Å²) >= 11 is 0. The Balaban J connectivity index is 4.12. The molecule has 294 valence electrons. The number of hydrogen-bond donors (Lipinski definition) is 2. The summed E-state index contributed by atoms with van der Waals surface area (Å²) in [5.74, 6) is -0.598. The van der Waals surface area contributed by atoms with Gasteiger partial charge in [-0.25, -0.2) is 0 Å². The molecule has 0 aliphatic rings. The molecular formula is C42H80N2O6. The van der Waals surface area contributed by atoms with Gasteiger partial charge in [0.1, 0.15) is 13.2 Å². The van der Waals surface area contributed by atoms with Gasteiger partial charge in [0.25, 0.3) is 0 Å². The highest BCUT2D eigenvalue weighted by Crippen LogP contribution is 2.17. The number of nitrogens with two attached hydrogens (primary N) is 1. The molecule has 0 saturated carbocycles.